The maximum atomic E-state index is 12.7. The lowest BCUT2D eigenvalue weighted by Gasteiger charge is -2.15. The van der Waals surface area contributed by atoms with Gasteiger partial charge in [-0.1, -0.05) is 17.7 Å². The van der Waals surface area contributed by atoms with E-state index in [4.69, 9.17) is 11.6 Å². The highest BCUT2D eigenvalue weighted by molar-refractivity contribution is 6.33. The number of benzene rings is 1. The van der Waals surface area contributed by atoms with Gasteiger partial charge in [0.2, 0.25) is 0 Å². The molecule has 5 nitrogen and oxygen atoms in total. The van der Waals surface area contributed by atoms with E-state index in [0.717, 1.165) is 11.1 Å². The zero-order chi connectivity index (χ0) is 15.1. The van der Waals surface area contributed by atoms with E-state index in [1.54, 1.807) is 28.6 Å². The second-order valence-electron chi connectivity index (χ2n) is 5.18. The number of hydrogen-bond acceptors (Lipinski definition) is 3. The van der Waals surface area contributed by atoms with Crippen molar-refractivity contribution in [2.45, 2.75) is 33.5 Å². The summed E-state index contributed by atoms with van der Waals surface area (Å²) in [6, 6.07) is 5.19. The summed E-state index contributed by atoms with van der Waals surface area (Å²) in [7, 11) is 0. The summed E-state index contributed by atoms with van der Waals surface area (Å²) in [5, 5.41) is 14.2. The molecule has 1 N–H and O–H groups in total. The Balaban J connectivity index is 1.90. The van der Waals surface area contributed by atoms with Crippen LogP contribution in [0.4, 0.5) is 0 Å². The molecule has 1 aromatic heterocycles. The molecule has 1 aliphatic rings. The van der Waals surface area contributed by atoms with Crippen LogP contribution in [0.1, 0.15) is 34.1 Å². The molecule has 110 valence electrons. The molecule has 6 heteroatoms. The first-order valence-corrected chi connectivity index (χ1v) is 7.22. The molecule has 0 atom stereocenters. The van der Waals surface area contributed by atoms with Crippen LogP contribution in [0, 0.1) is 6.92 Å². The van der Waals surface area contributed by atoms with Crippen LogP contribution in [0.5, 0.6) is 5.75 Å². The molecule has 1 aliphatic heterocycles. The Hall–Kier alpha value is -2.01. The maximum absolute atomic E-state index is 12.7. The Kier molecular flexibility index (Phi) is 3.37. The first-order valence-electron chi connectivity index (χ1n) is 6.84. The van der Waals surface area contributed by atoms with Crippen LogP contribution in [0.2, 0.25) is 5.15 Å². The molecule has 0 aliphatic carbocycles. The van der Waals surface area contributed by atoms with E-state index in [1.807, 2.05) is 13.0 Å². The van der Waals surface area contributed by atoms with Crippen molar-refractivity contribution in [3.05, 3.63) is 45.7 Å². The molecule has 1 amide bonds. The van der Waals surface area contributed by atoms with Gasteiger partial charge < -0.3 is 10.0 Å². The summed E-state index contributed by atoms with van der Waals surface area (Å²) >= 11 is 6.25. The number of aryl methyl sites for hydroxylation is 2. The molecule has 0 bridgehead atoms. The van der Waals surface area contributed by atoms with Gasteiger partial charge in [0.15, 0.2) is 0 Å². The Labute approximate surface area is 127 Å². The molecule has 1 aromatic carbocycles. The zero-order valence-corrected chi connectivity index (χ0v) is 12.7. The number of aromatic hydroxyl groups is 1. The van der Waals surface area contributed by atoms with Crippen molar-refractivity contribution in [1.82, 2.24) is 14.7 Å². The fourth-order valence-corrected chi connectivity index (χ4v) is 3.06. The molecule has 0 fully saturated rings. The number of carbonyl (C=O) groups is 1. The Bertz CT molecular complexity index is 724. The van der Waals surface area contributed by atoms with Gasteiger partial charge in [-0.05, 0) is 37.1 Å². The van der Waals surface area contributed by atoms with Crippen LogP contribution >= 0.6 is 11.6 Å². The summed E-state index contributed by atoms with van der Waals surface area (Å²) in [5.41, 5.74) is 3.14. The maximum Gasteiger partial charge on any atom is 0.259 e. The van der Waals surface area contributed by atoms with Gasteiger partial charge in [0.05, 0.1) is 11.3 Å². The Morgan fingerprint density at radius 1 is 1.38 bits per heavy atom. The number of phenolic OH excluding ortho intramolecular Hbond substituents is 1. The van der Waals surface area contributed by atoms with Gasteiger partial charge in [0, 0.05) is 19.6 Å². The molecule has 2 heterocycles. The van der Waals surface area contributed by atoms with Gasteiger partial charge in [-0.15, -0.1) is 0 Å². The molecule has 0 saturated heterocycles. The minimum atomic E-state index is -0.118. The van der Waals surface area contributed by atoms with E-state index in [9.17, 15) is 9.90 Å². The number of fused-ring (bicyclic) bond motifs is 1. The quantitative estimate of drug-likeness (QED) is 0.928. The highest BCUT2D eigenvalue weighted by atomic mass is 35.5. The van der Waals surface area contributed by atoms with Crippen LogP contribution in [-0.2, 0) is 19.6 Å². The van der Waals surface area contributed by atoms with Crippen LogP contribution in [0.25, 0.3) is 0 Å². The van der Waals surface area contributed by atoms with Crippen LogP contribution in [0.15, 0.2) is 18.2 Å². The van der Waals surface area contributed by atoms with Gasteiger partial charge in [-0.3, -0.25) is 9.48 Å². The van der Waals surface area contributed by atoms with Crippen molar-refractivity contribution in [2.24, 2.45) is 0 Å². The first-order chi connectivity index (χ1) is 10.0. The molecular weight excluding hydrogens is 290 g/mol. The average molecular weight is 306 g/mol. The normalized spacial score (nSPS) is 13.6. The van der Waals surface area contributed by atoms with Crippen molar-refractivity contribution in [3.8, 4) is 5.75 Å². The largest absolute Gasteiger partial charge is 0.508 e. The lowest BCUT2D eigenvalue weighted by atomic mass is 10.1. The summed E-state index contributed by atoms with van der Waals surface area (Å²) < 4.78 is 1.62. The first kappa shape index (κ1) is 13.9. The number of phenols is 1. The van der Waals surface area contributed by atoms with Gasteiger partial charge in [-0.2, -0.15) is 5.10 Å². The number of aromatic nitrogens is 2. The summed E-state index contributed by atoms with van der Waals surface area (Å²) in [6.07, 6.45) is 0. The van der Waals surface area contributed by atoms with E-state index in [1.165, 1.54) is 0 Å². The second-order valence-corrected chi connectivity index (χ2v) is 5.54. The topological polar surface area (TPSA) is 58.4 Å². The number of amides is 1. The average Bonchev–Trinajstić information content (AvgIpc) is 2.98. The second kappa shape index (κ2) is 5.07. The highest BCUT2D eigenvalue weighted by Gasteiger charge is 2.29. The van der Waals surface area contributed by atoms with Crippen molar-refractivity contribution in [1.29, 1.82) is 0 Å². The van der Waals surface area contributed by atoms with Gasteiger partial charge >= 0.3 is 0 Å². The van der Waals surface area contributed by atoms with Crippen LogP contribution < -0.4 is 0 Å². The predicted molar refractivity (Wildman–Crippen MR) is 79.3 cm³/mol. The number of carbonyl (C=O) groups excluding carboxylic acids is 1. The van der Waals surface area contributed by atoms with E-state index in [-0.39, 0.29) is 11.7 Å². The van der Waals surface area contributed by atoms with Crippen LogP contribution in [-0.4, -0.2) is 25.7 Å². The number of nitrogens with zero attached hydrogens (tertiary/aromatic N) is 3. The fraction of sp³-hybridized carbons (Fsp3) is 0.333. The third-order valence-electron chi connectivity index (χ3n) is 3.78. The summed E-state index contributed by atoms with van der Waals surface area (Å²) in [4.78, 5) is 14.4. The van der Waals surface area contributed by atoms with Gasteiger partial charge in [0.1, 0.15) is 10.9 Å². The van der Waals surface area contributed by atoms with Gasteiger partial charge in [-0.25, -0.2) is 0 Å². The molecule has 0 unspecified atom stereocenters. The van der Waals surface area contributed by atoms with Crippen molar-refractivity contribution in [2.75, 3.05) is 0 Å². The molecule has 3 rings (SSSR count). The fourth-order valence-electron chi connectivity index (χ4n) is 2.69. The number of hydrogen-bond donors (Lipinski definition) is 1. The third-order valence-corrected chi connectivity index (χ3v) is 4.16. The lowest BCUT2D eigenvalue weighted by molar-refractivity contribution is 0.0750. The summed E-state index contributed by atoms with van der Waals surface area (Å²) in [5.74, 6) is 0.101. The standard InChI is InChI=1S/C15H16ClN3O2/c1-3-19-14(16)13(9(2)17-19)15(21)18-7-10-4-5-12(20)6-11(10)8-18/h4-6,20H,3,7-8H2,1-2H3. The van der Waals surface area contributed by atoms with Crippen LogP contribution in [0.3, 0.4) is 0 Å². The van der Waals surface area contributed by atoms with E-state index >= 15 is 0 Å². The Morgan fingerprint density at radius 2 is 2.10 bits per heavy atom. The molecule has 0 radical (unpaired) electrons. The zero-order valence-electron chi connectivity index (χ0n) is 11.9. The molecule has 2 aromatic rings. The minimum absolute atomic E-state index is 0.118. The molecule has 0 saturated carbocycles. The lowest BCUT2D eigenvalue weighted by Crippen LogP contribution is -2.26. The van der Waals surface area contributed by atoms with Crippen molar-refractivity contribution < 1.29 is 9.90 Å². The third kappa shape index (κ3) is 2.27. The molecule has 21 heavy (non-hydrogen) atoms. The molecular formula is C15H16ClN3O2. The predicted octanol–water partition coefficient (Wildman–Crippen LogP) is 2.73. The SMILES string of the molecule is CCn1nc(C)c(C(=O)N2Cc3ccc(O)cc3C2)c1Cl. The minimum Gasteiger partial charge on any atom is -0.508 e. The van der Waals surface area contributed by atoms with E-state index in [0.29, 0.717) is 36.0 Å². The number of rotatable bonds is 2. The van der Waals surface area contributed by atoms with E-state index < -0.39 is 0 Å². The monoisotopic (exact) mass is 305 g/mol. The summed E-state index contributed by atoms with van der Waals surface area (Å²) in [6.45, 7) is 5.36. The molecule has 0 spiro atoms. The van der Waals surface area contributed by atoms with Gasteiger partial charge in [0.25, 0.3) is 5.91 Å². The highest BCUT2D eigenvalue weighted by Crippen LogP contribution is 2.29. The Morgan fingerprint density at radius 3 is 2.76 bits per heavy atom. The van der Waals surface area contributed by atoms with Crippen molar-refractivity contribution >= 4 is 17.5 Å². The van der Waals surface area contributed by atoms with Crippen molar-refractivity contribution in [3.63, 3.8) is 0 Å². The smallest absolute Gasteiger partial charge is 0.259 e. The van der Waals surface area contributed by atoms with E-state index in [2.05, 4.69) is 5.10 Å². The number of halogens is 1.